The summed E-state index contributed by atoms with van der Waals surface area (Å²) in [5.74, 6) is 0.669. The molecule has 0 spiro atoms. The fourth-order valence-corrected chi connectivity index (χ4v) is 2.65. The molecule has 0 fully saturated rings. The first-order valence-electron chi connectivity index (χ1n) is 5.30. The number of rotatable bonds is 0. The molecule has 18 heavy (non-hydrogen) atoms. The van der Waals surface area contributed by atoms with E-state index in [2.05, 4.69) is 20.9 Å². The molecule has 96 valence electrons. The number of aromatic nitrogens is 2. The molecule has 1 aromatic heterocycles. The third kappa shape index (κ3) is 1.81. The minimum atomic E-state index is -4.37. The number of nitrogens with zero attached hydrogens (tertiary/aromatic N) is 2. The van der Waals surface area contributed by atoms with Crippen molar-refractivity contribution >= 4 is 27.0 Å². The average molecular weight is 321 g/mol. The van der Waals surface area contributed by atoms with Gasteiger partial charge in [0.05, 0.1) is 23.2 Å². The Morgan fingerprint density at radius 2 is 2.11 bits per heavy atom. The second kappa shape index (κ2) is 3.96. The molecule has 0 radical (unpaired) electrons. The van der Waals surface area contributed by atoms with E-state index in [0.717, 1.165) is 6.07 Å². The second-order valence-electron chi connectivity index (χ2n) is 4.05. The molecule has 0 aliphatic carbocycles. The van der Waals surface area contributed by atoms with Gasteiger partial charge in [0, 0.05) is 11.0 Å². The first kappa shape index (κ1) is 12.0. The first-order valence-corrected chi connectivity index (χ1v) is 6.10. The van der Waals surface area contributed by atoms with Gasteiger partial charge in [-0.15, -0.1) is 0 Å². The predicted molar refractivity (Wildman–Crippen MR) is 62.1 cm³/mol. The molecule has 1 aliphatic rings. The maximum Gasteiger partial charge on any atom is 0.417 e. The van der Waals surface area contributed by atoms with Gasteiger partial charge in [-0.05, 0) is 12.1 Å². The third-order valence-electron chi connectivity index (χ3n) is 2.91. The lowest BCUT2D eigenvalue weighted by Gasteiger charge is -2.15. The van der Waals surface area contributed by atoms with Crippen molar-refractivity contribution in [2.75, 3.05) is 6.61 Å². The van der Waals surface area contributed by atoms with Gasteiger partial charge in [-0.25, -0.2) is 4.98 Å². The first-order chi connectivity index (χ1) is 8.47. The number of hydrogen-bond donors (Lipinski definition) is 0. The summed E-state index contributed by atoms with van der Waals surface area (Å²) in [6, 6.07) is 2.55. The Morgan fingerprint density at radius 3 is 2.83 bits per heavy atom. The Balaban J connectivity index is 2.27. The molecule has 3 nitrogen and oxygen atoms in total. The Hall–Kier alpha value is -1.08. The van der Waals surface area contributed by atoms with Crippen LogP contribution in [0.2, 0.25) is 0 Å². The molecular formula is C11H8BrF3N2O. The van der Waals surface area contributed by atoms with Crippen LogP contribution in [0.3, 0.4) is 0 Å². The molecule has 0 unspecified atom stereocenters. The Kier molecular flexibility index (Phi) is 2.63. The lowest BCUT2D eigenvalue weighted by Crippen LogP contribution is -2.16. The van der Waals surface area contributed by atoms with Crippen LogP contribution in [0.25, 0.3) is 11.0 Å². The molecule has 7 heteroatoms. The minimum absolute atomic E-state index is 0.0128. The van der Waals surface area contributed by atoms with Gasteiger partial charge in [0.2, 0.25) is 0 Å². The molecule has 0 N–H and O–H groups in total. The molecular weight excluding hydrogens is 313 g/mol. The van der Waals surface area contributed by atoms with Gasteiger partial charge >= 0.3 is 6.18 Å². The predicted octanol–water partition coefficient (Wildman–Crippen LogP) is 3.35. The van der Waals surface area contributed by atoms with E-state index >= 15 is 0 Å². The summed E-state index contributed by atoms with van der Waals surface area (Å²) < 4.78 is 45.5. The van der Waals surface area contributed by atoms with Crippen LogP contribution in [0.15, 0.2) is 16.6 Å². The monoisotopic (exact) mass is 320 g/mol. The van der Waals surface area contributed by atoms with Gasteiger partial charge in [0.15, 0.2) is 0 Å². The van der Waals surface area contributed by atoms with E-state index in [1.54, 1.807) is 4.57 Å². The number of fused-ring (bicyclic) bond motifs is 3. The zero-order valence-electron chi connectivity index (χ0n) is 9.09. The van der Waals surface area contributed by atoms with Crippen molar-refractivity contribution in [1.82, 2.24) is 9.55 Å². The molecule has 0 saturated heterocycles. The number of ether oxygens (including phenoxy) is 1. The number of benzene rings is 1. The van der Waals surface area contributed by atoms with Crippen molar-refractivity contribution < 1.29 is 17.9 Å². The molecule has 0 atom stereocenters. The van der Waals surface area contributed by atoms with Gasteiger partial charge in [-0.3, -0.25) is 0 Å². The fraction of sp³-hybridized carbons (Fsp3) is 0.364. The van der Waals surface area contributed by atoms with Gasteiger partial charge in [0.25, 0.3) is 0 Å². The van der Waals surface area contributed by atoms with Gasteiger partial charge in [-0.2, -0.15) is 13.2 Å². The van der Waals surface area contributed by atoms with E-state index in [-0.39, 0.29) is 4.47 Å². The Bertz CT molecular complexity index is 621. The van der Waals surface area contributed by atoms with Gasteiger partial charge in [0.1, 0.15) is 12.4 Å². The summed E-state index contributed by atoms with van der Waals surface area (Å²) in [6.07, 6.45) is -4.37. The highest BCUT2D eigenvalue weighted by Gasteiger charge is 2.34. The van der Waals surface area contributed by atoms with Gasteiger partial charge < -0.3 is 9.30 Å². The average Bonchev–Trinajstić information content (AvgIpc) is 2.63. The van der Waals surface area contributed by atoms with Crippen LogP contribution in [-0.2, 0) is 24.1 Å². The largest absolute Gasteiger partial charge is 0.417 e. The van der Waals surface area contributed by atoms with Crippen LogP contribution in [0, 0.1) is 0 Å². The SMILES string of the molecule is FC(F)(F)c1cc2c(cc1Br)nc1n2CCOC1. The zero-order chi connectivity index (χ0) is 12.9. The van der Waals surface area contributed by atoms with Crippen molar-refractivity contribution in [3.8, 4) is 0 Å². The molecule has 1 aliphatic heterocycles. The summed E-state index contributed by atoms with van der Waals surface area (Å²) in [5, 5.41) is 0. The van der Waals surface area contributed by atoms with Crippen molar-refractivity contribution in [1.29, 1.82) is 0 Å². The Morgan fingerprint density at radius 1 is 1.33 bits per heavy atom. The standard InChI is InChI=1S/C11H8BrF3N2O/c12-7-4-8-9(3-6(7)11(13,14)15)17-1-2-18-5-10(17)16-8/h3-4H,1-2,5H2. The lowest BCUT2D eigenvalue weighted by molar-refractivity contribution is -0.138. The second-order valence-corrected chi connectivity index (χ2v) is 4.91. The number of hydrogen-bond acceptors (Lipinski definition) is 2. The zero-order valence-corrected chi connectivity index (χ0v) is 10.7. The molecule has 2 aromatic rings. The molecule has 2 heterocycles. The number of alkyl halides is 3. The smallest absolute Gasteiger partial charge is 0.372 e. The summed E-state index contributed by atoms with van der Waals surface area (Å²) in [7, 11) is 0. The number of halogens is 4. The molecule has 0 amide bonds. The minimum Gasteiger partial charge on any atom is -0.372 e. The van der Waals surface area contributed by atoms with E-state index in [9.17, 15) is 13.2 Å². The highest BCUT2D eigenvalue weighted by Crippen LogP contribution is 2.37. The van der Waals surface area contributed by atoms with E-state index in [0.29, 0.717) is 36.6 Å². The van der Waals surface area contributed by atoms with E-state index < -0.39 is 11.7 Å². The van der Waals surface area contributed by atoms with Crippen LogP contribution in [0.1, 0.15) is 11.4 Å². The molecule has 1 aromatic carbocycles. The molecule has 3 rings (SSSR count). The molecule has 0 saturated carbocycles. The maximum absolute atomic E-state index is 12.8. The van der Waals surface area contributed by atoms with Crippen molar-refractivity contribution in [3.05, 3.63) is 28.0 Å². The van der Waals surface area contributed by atoms with Crippen molar-refractivity contribution in [2.24, 2.45) is 0 Å². The normalized spacial score (nSPS) is 16.0. The van der Waals surface area contributed by atoms with Crippen LogP contribution in [0.4, 0.5) is 13.2 Å². The summed E-state index contributed by atoms with van der Waals surface area (Å²) >= 11 is 2.95. The quantitative estimate of drug-likeness (QED) is 0.744. The van der Waals surface area contributed by atoms with Crippen LogP contribution in [0.5, 0.6) is 0 Å². The third-order valence-corrected chi connectivity index (χ3v) is 3.57. The van der Waals surface area contributed by atoms with E-state index in [4.69, 9.17) is 4.74 Å². The lowest BCUT2D eigenvalue weighted by atomic mass is 10.2. The summed E-state index contributed by atoms with van der Waals surface area (Å²) in [6.45, 7) is 1.37. The highest BCUT2D eigenvalue weighted by atomic mass is 79.9. The van der Waals surface area contributed by atoms with E-state index in [1.807, 2.05) is 0 Å². The van der Waals surface area contributed by atoms with Crippen molar-refractivity contribution in [2.45, 2.75) is 19.3 Å². The van der Waals surface area contributed by atoms with Crippen LogP contribution >= 0.6 is 15.9 Å². The summed E-state index contributed by atoms with van der Waals surface area (Å²) in [4.78, 5) is 4.28. The van der Waals surface area contributed by atoms with Gasteiger partial charge in [-0.1, -0.05) is 15.9 Å². The van der Waals surface area contributed by atoms with Crippen LogP contribution in [-0.4, -0.2) is 16.2 Å². The molecule has 0 bridgehead atoms. The number of imidazole rings is 1. The highest BCUT2D eigenvalue weighted by molar-refractivity contribution is 9.10. The van der Waals surface area contributed by atoms with Crippen LogP contribution < -0.4 is 0 Å². The van der Waals surface area contributed by atoms with E-state index in [1.165, 1.54) is 6.07 Å². The topological polar surface area (TPSA) is 27.1 Å². The maximum atomic E-state index is 12.8. The van der Waals surface area contributed by atoms with Crippen molar-refractivity contribution in [3.63, 3.8) is 0 Å². The fourth-order valence-electron chi connectivity index (χ4n) is 2.09. The summed E-state index contributed by atoms with van der Waals surface area (Å²) in [5.41, 5.74) is 0.378. The Labute approximate surface area is 109 Å².